The topological polar surface area (TPSA) is 49.7 Å². The zero-order valence-electron chi connectivity index (χ0n) is 9.24. The van der Waals surface area contributed by atoms with Gasteiger partial charge in [-0.25, -0.2) is 0 Å². The second-order valence-electron chi connectivity index (χ2n) is 3.66. The molecule has 2 rings (SSSR count). The van der Waals surface area contributed by atoms with E-state index in [9.17, 15) is 5.11 Å². The Morgan fingerprint density at radius 3 is 2.65 bits per heavy atom. The maximum atomic E-state index is 9.25. The molecule has 1 aromatic carbocycles. The number of benzene rings is 1. The van der Waals surface area contributed by atoms with Crippen molar-refractivity contribution >= 4 is 11.3 Å². The maximum absolute atomic E-state index is 9.25. The van der Waals surface area contributed by atoms with E-state index in [1.807, 2.05) is 41.1 Å². The molecule has 90 valence electrons. The lowest BCUT2D eigenvalue weighted by atomic mass is 10.1. The molecular formula is C13H14O3S. The Labute approximate surface area is 104 Å². The Balaban J connectivity index is 2.12. The van der Waals surface area contributed by atoms with Gasteiger partial charge in [0.25, 0.3) is 0 Å². The molecule has 0 saturated carbocycles. The van der Waals surface area contributed by atoms with Gasteiger partial charge in [0, 0.05) is 16.3 Å². The molecule has 0 aliphatic rings. The fourth-order valence-electron chi connectivity index (χ4n) is 1.46. The molecule has 0 saturated heterocycles. The smallest absolute Gasteiger partial charge is 0.137 e. The van der Waals surface area contributed by atoms with Gasteiger partial charge in [-0.15, -0.1) is 11.3 Å². The van der Waals surface area contributed by atoms with Crippen molar-refractivity contribution in [2.24, 2.45) is 0 Å². The maximum Gasteiger partial charge on any atom is 0.137 e. The lowest BCUT2D eigenvalue weighted by molar-refractivity contribution is 0.0539. The van der Waals surface area contributed by atoms with E-state index in [0.717, 1.165) is 16.9 Å². The molecule has 0 radical (unpaired) electrons. The molecule has 1 heterocycles. The molecule has 2 N–H and O–H groups in total. The van der Waals surface area contributed by atoms with E-state index in [4.69, 9.17) is 9.84 Å². The first-order valence-electron chi connectivity index (χ1n) is 5.34. The number of hydrogen-bond acceptors (Lipinski definition) is 4. The molecule has 4 heteroatoms. The third-order valence-electron chi connectivity index (χ3n) is 2.35. The highest BCUT2D eigenvalue weighted by Crippen LogP contribution is 2.33. The molecule has 1 aromatic heterocycles. The van der Waals surface area contributed by atoms with Crippen molar-refractivity contribution in [2.75, 3.05) is 13.2 Å². The van der Waals surface area contributed by atoms with Crippen LogP contribution in [0.3, 0.4) is 0 Å². The van der Waals surface area contributed by atoms with Crippen LogP contribution in [-0.4, -0.2) is 29.5 Å². The Morgan fingerprint density at radius 2 is 1.94 bits per heavy atom. The van der Waals surface area contributed by atoms with Gasteiger partial charge in [0.05, 0.1) is 6.61 Å². The summed E-state index contributed by atoms with van der Waals surface area (Å²) in [4.78, 5) is 0. The molecule has 0 amide bonds. The number of thiophene rings is 1. The Kier molecular flexibility index (Phi) is 4.14. The minimum Gasteiger partial charge on any atom is -0.489 e. The second kappa shape index (κ2) is 5.82. The van der Waals surface area contributed by atoms with Crippen molar-refractivity contribution < 1.29 is 14.9 Å². The number of hydrogen-bond donors (Lipinski definition) is 2. The average Bonchev–Trinajstić information content (AvgIpc) is 2.85. The zero-order chi connectivity index (χ0) is 12.1. The van der Waals surface area contributed by atoms with Gasteiger partial charge < -0.3 is 14.9 Å². The third kappa shape index (κ3) is 3.06. The van der Waals surface area contributed by atoms with Crippen LogP contribution in [0.1, 0.15) is 0 Å². The molecule has 3 nitrogen and oxygen atoms in total. The van der Waals surface area contributed by atoms with Gasteiger partial charge >= 0.3 is 0 Å². The summed E-state index contributed by atoms with van der Waals surface area (Å²) in [5, 5.41) is 21.9. The quantitative estimate of drug-likeness (QED) is 0.855. The average molecular weight is 250 g/mol. The van der Waals surface area contributed by atoms with Gasteiger partial charge in [-0.05, 0) is 5.56 Å². The van der Waals surface area contributed by atoms with Crippen LogP contribution in [0.5, 0.6) is 5.75 Å². The van der Waals surface area contributed by atoms with E-state index in [2.05, 4.69) is 0 Å². The molecule has 0 spiro atoms. The van der Waals surface area contributed by atoms with Gasteiger partial charge in [-0.2, -0.15) is 0 Å². The summed E-state index contributed by atoms with van der Waals surface area (Å²) < 4.78 is 5.48. The van der Waals surface area contributed by atoms with E-state index < -0.39 is 6.10 Å². The first kappa shape index (κ1) is 12.1. The molecule has 17 heavy (non-hydrogen) atoms. The Hall–Kier alpha value is -1.36. The van der Waals surface area contributed by atoms with Crippen molar-refractivity contribution in [3.8, 4) is 16.9 Å². The lowest BCUT2D eigenvalue weighted by Gasteiger charge is -2.10. The molecule has 0 aliphatic heterocycles. The molecule has 1 unspecified atom stereocenters. The molecule has 2 aromatic rings. The summed E-state index contributed by atoms with van der Waals surface area (Å²) >= 11 is 1.55. The van der Waals surface area contributed by atoms with Gasteiger partial charge in [-0.3, -0.25) is 0 Å². The van der Waals surface area contributed by atoms with Gasteiger partial charge in [-0.1, -0.05) is 30.3 Å². The largest absolute Gasteiger partial charge is 0.489 e. The van der Waals surface area contributed by atoms with Gasteiger partial charge in [0.2, 0.25) is 0 Å². The van der Waals surface area contributed by atoms with Gasteiger partial charge in [0.1, 0.15) is 18.5 Å². The highest BCUT2D eigenvalue weighted by Gasteiger charge is 2.09. The van der Waals surface area contributed by atoms with Crippen molar-refractivity contribution in [1.82, 2.24) is 0 Å². The Morgan fingerprint density at radius 1 is 1.18 bits per heavy atom. The summed E-state index contributed by atoms with van der Waals surface area (Å²) in [6.07, 6.45) is -0.835. The predicted molar refractivity (Wildman–Crippen MR) is 68.3 cm³/mol. The van der Waals surface area contributed by atoms with E-state index in [0.29, 0.717) is 0 Å². The molecular weight excluding hydrogens is 236 g/mol. The van der Waals surface area contributed by atoms with Crippen molar-refractivity contribution in [3.63, 3.8) is 0 Å². The highest BCUT2D eigenvalue weighted by molar-refractivity contribution is 7.08. The first-order valence-corrected chi connectivity index (χ1v) is 6.29. The van der Waals surface area contributed by atoms with E-state index in [-0.39, 0.29) is 13.2 Å². The van der Waals surface area contributed by atoms with Crippen LogP contribution in [0, 0.1) is 0 Å². The fraction of sp³-hybridized carbons (Fsp3) is 0.231. The minimum absolute atomic E-state index is 0.104. The highest BCUT2D eigenvalue weighted by atomic mass is 32.1. The van der Waals surface area contributed by atoms with Crippen LogP contribution >= 0.6 is 11.3 Å². The van der Waals surface area contributed by atoms with Crippen molar-refractivity contribution in [2.45, 2.75) is 6.10 Å². The Bertz CT molecular complexity index is 453. The van der Waals surface area contributed by atoms with Crippen LogP contribution in [-0.2, 0) is 0 Å². The van der Waals surface area contributed by atoms with Crippen LogP contribution < -0.4 is 4.74 Å². The van der Waals surface area contributed by atoms with Crippen LogP contribution in [0.4, 0.5) is 0 Å². The first-order chi connectivity index (χ1) is 8.31. The lowest BCUT2D eigenvalue weighted by Crippen LogP contribution is -2.21. The summed E-state index contributed by atoms with van der Waals surface area (Å²) in [6, 6.07) is 9.93. The van der Waals surface area contributed by atoms with Crippen molar-refractivity contribution in [1.29, 1.82) is 0 Å². The van der Waals surface area contributed by atoms with Crippen LogP contribution in [0.2, 0.25) is 0 Å². The number of ether oxygens (including phenoxy) is 1. The summed E-state index contributed by atoms with van der Waals surface area (Å²) in [6.45, 7) is -0.183. The minimum atomic E-state index is -0.835. The third-order valence-corrected chi connectivity index (χ3v) is 3.08. The summed E-state index contributed by atoms with van der Waals surface area (Å²) in [5.74, 6) is 0.744. The number of rotatable bonds is 5. The van der Waals surface area contributed by atoms with Gasteiger partial charge in [0.15, 0.2) is 0 Å². The SMILES string of the molecule is OCC(O)COc1cscc1-c1ccccc1. The van der Waals surface area contributed by atoms with E-state index >= 15 is 0 Å². The predicted octanol–water partition coefficient (Wildman–Crippen LogP) is 2.15. The van der Waals surface area contributed by atoms with E-state index in [1.54, 1.807) is 11.3 Å². The standard InChI is InChI=1S/C13H14O3S/c14-6-11(15)7-16-13-9-17-8-12(13)10-4-2-1-3-5-10/h1-5,8-9,11,14-15H,6-7H2. The summed E-state index contributed by atoms with van der Waals surface area (Å²) in [7, 11) is 0. The van der Waals surface area contributed by atoms with Crippen molar-refractivity contribution in [3.05, 3.63) is 41.1 Å². The number of aliphatic hydroxyl groups excluding tert-OH is 2. The number of aliphatic hydroxyl groups is 2. The summed E-state index contributed by atoms with van der Waals surface area (Å²) in [5.41, 5.74) is 2.10. The molecule has 0 aliphatic carbocycles. The van der Waals surface area contributed by atoms with E-state index in [1.165, 1.54) is 0 Å². The second-order valence-corrected chi connectivity index (χ2v) is 4.41. The molecule has 0 bridgehead atoms. The molecule has 0 fully saturated rings. The molecule has 1 atom stereocenters. The monoisotopic (exact) mass is 250 g/mol. The van der Waals surface area contributed by atoms with Crippen LogP contribution in [0.25, 0.3) is 11.1 Å². The normalized spacial score (nSPS) is 12.4. The fourth-order valence-corrected chi connectivity index (χ4v) is 2.24. The zero-order valence-corrected chi connectivity index (χ0v) is 10.1. The van der Waals surface area contributed by atoms with Crippen LogP contribution in [0.15, 0.2) is 41.1 Å².